The first kappa shape index (κ1) is 15.8. The maximum atomic E-state index is 10.9. The van der Waals surface area contributed by atoms with Crippen molar-refractivity contribution in [1.82, 2.24) is 9.38 Å². The number of carboxylic acids is 1. The van der Waals surface area contributed by atoms with E-state index in [-0.39, 0.29) is 0 Å². The standard InChI is InChI=1S/C19H18N2O3/c1-12-5-4-10-21-15(7-9-17(22)23)18(20-19(12)21)14-6-8-16(24-3)13(2)11-14/h4-11H,1-3H3,(H,22,23)/b9-7+. The summed E-state index contributed by atoms with van der Waals surface area (Å²) in [6.07, 6.45) is 4.60. The van der Waals surface area contributed by atoms with Gasteiger partial charge in [-0.2, -0.15) is 0 Å². The first-order valence-electron chi connectivity index (χ1n) is 7.55. The molecule has 3 rings (SSSR count). The summed E-state index contributed by atoms with van der Waals surface area (Å²) in [5.74, 6) is -0.184. The van der Waals surface area contributed by atoms with Crippen molar-refractivity contribution >= 4 is 17.7 Å². The van der Waals surface area contributed by atoms with Gasteiger partial charge >= 0.3 is 5.97 Å². The van der Waals surface area contributed by atoms with Crippen LogP contribution < -0.4 is 4.74 Å². The van der Waals surface area contributed by atoms with E-state index in [1.165, 1.54) is 0 Å². The minimum absolute atomic E-state index is 0.737. The molecule has 0 radical (unpaired) electrons. The second-order valence-electron chi connectivity index (χ2n) is 5.59. The highest BCUT2D eigenvalue weighted by Gasteiger charge is 2.14. The number of ether oxygens (including phenoxy) is 1. The molecule has 1 aromatic carbocycles. The Kier molecular flexibility index (Phi) is 4.08. The van der Waals surface area contributed by atoms with Crippen LogP contribution in [0.5, 0.6) is 5.75 Å². The van der Waals surface area contributed by atoms with E-state index < -0.39 is 5.97 Å². The highest BCUT2D eigenvalue weighted by molar-refractivity contribution is 5.87. The lowest BCUT2D eigenvalue weighted by Gasteiger charge is -2.06. The largest absolute Gasteiger partial charge is 0.496 e. The molecule has 0 aliphatic rings. The predicted octanol–water partition coefficient (Wildman–Crippen LogP) is 3.72. The maximum Gasteiger partial charge on any atom is 0.328 e. The average Bonchev–Trinajstić information content (AvgIpc) is 2.93. The molecule has 2 heterocycles. The summed E-state index contributed by atoms with van der Waals surface area (Å²) < 4.78 is 7.21. The van der Waals surface area contributed by atoms with Gasteiger partial charge in [0.05, 0.1) is 18.5 Å². The van der Waals surface area contributed by atoms with Crippen LogP contribution in [0.1, 0.15) is 16.8 Å². The molecule has 3 aromatic rings. The van der Waals surface area contributed by atoms with E-state index in [9.17, 15) is 4.79 Å². The third-order valence-corrected chi connectivity index (χ3v) is 3.93. The third kappa shape index (κ3) is 2.76. The molecule has 0 saturated heterocycles. The fourth-order valence-corrected chi connectivity index (χ4v) is 2.77. The Morgan fingerprint density at radius 2 is 2.04 bits per heavy atom. The molecular weight excluding hydrogens is 304 g/mol. The molecule has 2 aromatic heterocycles. The highest BCUT2D eigenvalue weighted by atomic mass is 16.5. The molecule has 0 saturated carbocycles. The normalized spacial score (nSPS) is 11.3. The zero-order valence-electron chi connectivity index (χ0n) is 13.8. The molecule has 0 amide bonds. The molecule has 24 heavy (non-hydrogen) atoms. The van der Waals surface area contributed by atoms with E-state index in [2.05, 4.69) is 0 Å². The molecule has 5 heteroatoms. The van der Waals surface area contributed by atoms with Crippen molar-refractivity contribution in [3.8, 4) is 17.0 Å². The Bertz CT molecular complexity index is 955. The van der Waals surface area contributed by atoms with Gasteiger partial charge in [0.15, 0.2) is 0 Å². The van der Waals surface area contributed by atoms with E-state index in [1.54, 1.807) is 13.2 Å². The van der Waals surface area contributed by atoms with Crippen molar-refractivity contribution in [3.05, 3.63) is 59.4 Å². The Morgan fingerprint density at radius 1 is 1.25 bits per heavy atom. The van der Waals surface area contributed by atoms with Crippen LogP contribution in [0.3, 0.4) is 0 Å². The Morgan fingerprint density at radius 3 is 2.71 bits per heavy atom. The number of hydrogen-bond acceptors (Lipinski definition) is 3. The molecule has 0 fully saturated rings. The molecule has 0 bridgehead atoms. The number of benzene rings is 1. The molecule has 0 spiro atoms. The molecular formula is C19H18N2O3. The number of imidazole rings is 1. The smallest absolute Gasteiger partial charge is 0.328 e. The molecule has 0 aliphatic heterocycles. The Hall–Kier alpha value is -3.08. The van der Waals surface area contributed by atoms with Gasteiger partial charge in [-0.1, -0.05) is 6.07 Å². The van der Waals surface area contributed by atoms with Crippen LogP contribution in [-0.2, 0) is 4.79 Å². The minimum atomic E-state index is -0.991. The van der Waals surface area contributed by atoms with Crippen LogP contribution in [0.4, 0.5) is 0 Å². The van der Waals surface area contributed by atoms with Gasteiger partial charge in [-0.25, -0.2) is 9.78 Å². The van der Waals surface area contributed by atoms with Crippen LogP contribution >= 0.6 is 0 Å². The second kappa shape index (κ2) is 6.20. The van der Waals surface area contributed by atoms with Gasteiger partial charge in [-0.15, -0.1) is 0 Å². The number of methoxy groups -OCH3 is 1. The Labute approximate surface area is 139 Å². The van der Waals surface area contributed by atoms with Crippen molar-refractivity contribution in [3.63, 3.8) is 0 Å². The summed E-state index contributed by atoms with van der Waals surface area (Å²) in [7, 11) is 1.64. The quantitative estimate of drug-likeness (QED) is 0.744. The van der Waals surface area contributed by atoms with Crippen LogP contribution in [0, 0.1) is 13.8 Å². The van der Waals surface area contributed by atoms with Crippen molar-refractivity contribution in [2.75, 3.05) is 7.11 Å². The van der Waals surface area contributed by atoms with Crippen LogP contribution in [0.25, 0.3) is 23.0 Å². The van der Waals surface area contributed by atoms with Crippen molar-refractivity contribution in [1.29, 1.82) is 0 Å². The van der Waals surface area contributed by atoms with Crippen LogP contribution in [-0.4, -0.2) is 27.6 Å². The number of carboxylic acid groups (broad SMARTS) is 1. The minimum Gasteiger partial charge on any atom is -0.496 e. The number of pyridine rings is 1. The summed E-state index contributed by atoms with van der Waals surface area (Å²) in [4.78, 5) is 15.7. The summed E-state index contributed by atoms with van der Waals surface area (Å²) >= 11 is 0. The second-order valence-corrected chi connectivity index (χ2v) is 5.59. The lowest BCUT2D eigenvalue weighted by molar-refractivity contribution is -0.131. The van der Waals surface area contributed by atoms with Crippen molar-refractivity contribution in [2.45, 2.75) is 13.8 Å². The number of aromatic nitrogens is 2. The molecule has 1 N–H and O–H groups in total. The summed E-state index contributed by atoms with van der Waals surface area (Å²) in [5.41, 5.74) is 5.23. The number of carbonyl (C=O) groups is 1. The zero-order chi connectivity index (χ0) is 17.3. The fraction of sp³-hybridized carbons (Fsp3) is 0.158. The van der Waals surface area contributed by atoms with E-state index in [4.69, 9.17) is 14.8 Å². The average molecular weight is 322 g/mol. The molecule has 0 aliphatic carbocycles. The van der Waals surface area contributed by atoms with Crippen LogP contribution in [0.2, 0.25) is 0 Å². The zero-order valence-corrected chi connectivity index (χ0v) is 13.8. The van der Waals surface area contributed by atoms with Crippen LogP contribution in [0.15, 0.2) is 42.6 Å². The number of aliphatic carboxylic acids is 1. The van der Waals surface area contributed by atoms with Gasteiger partial charge < -0.3 is 9.84 Å². The van der Waals surface area contributed by atoms with Gasteiger partial charge in [-0.3, -0.25) is 4.40 Å². The number of rotatable bonds is 4. The first-order chi connectivity index (χ1) is 11.5. The summed E-state index contributed by atoms with van der Waals surface area (Å²) in [6.45, 7) is 3.95. The number of aryl methyl sites for hydroxylation is 2. The highest BCUT2D eigenvalue weighted by Crippen LogP contribution is 2.30. The first-order valence-corrected chi connectivity index (χ1v) is 7.55. The van der Waals surface area contributed by atoms with Crippen molar-refractivity contribution in [2.24, 2.45) is 0 Å². The molecule has 0 atom stereocenters. The maximum absolute atomic E-state index is 10.9. The van der Waals surface area contributed by atoms with Crippen molar-refractivity contribution < 1.29 is 14.6 Å². The van der Waals surface area contributed by atoms with Gasteiger partial charge in [-0.05, 0) is 55.3 Å². The lowest BCUT2D eigenvalue weighted by atomic mass is 10.1. The summed E-state index contributed by atoms with van der Waals surface area (Å²) in [5, 5.41) is 8.98. The number of nitrogens with zero attached hydrogens (tertiary/aromatic N) is 2. The van der Waals surface area contributed by atoms with Gasteiger partial charge in [0.25, 0.3) is 0 Å². The number of hydrogen-bond donors (Lipinski definition) is 1. The number of fused-ring (bicyclic) bond motifs is 1. The van der Waals surface area contributed by atoms with E-state index >= 15 is 0 Å². The van der Waals surface area contributed by atoms with E-state index in [0.29, 0.717) is 0 Å². The van der Waals surface area contributed by atoms with Gasteiger partial charge in [0.2, 0.25) is 0 Å². The van der Waals surface area contributed by atoms with E-state index in [0.717, 1.165) is 45.6 Å². The predicted molar refractivity (Wildman–Crippen MR) is 93.3 cm³/mol. The monoisotopic (exact) mass is 322 g/mol. The lowest BCUT2D eigenvalue weighted by Crippen LogP contribution is -1.92. The topological polar surface area (TPSA) is 63.8 Å². The SMILES string of the molecule is COc1ccc(-c2nc3c(C)cccn3c2/C=C/C(=O)O)cc1C. The fourth-order valence-electron chi connectivity index (χ4n) is 2.77. The molecule has 0 unspecified atom stereocenters. The third-order valence-electron chi connectivity index (χ3n) is 3.93. The summed E-state index contributed by atoms with van der Waals surface area (Å²) in [6, 6.07) is 9.72. The Balaban J connectivity index is 2.26. The van der Waals surface area contributed by atoms with Gasteiger partial charge in [0, 0.05) is 17.8 Å². The van der Waals surface area contributed by atoms with E-state index in [1.807, 2.05) is 54.8 Å². The van der Waals surface area contributed by atoms with Gasteiger partial charge in [0.1, 0.15) is 11.4 Å². The molecule has 5 nitrogen and oxygen atoms in total. The molecule has 122 valence electrons.